The highest BCUT2D eigenvalue weighted by atomic mass is 16.5. The number of ether oxygens (including phenoxy) is 1. The molecule has 2 unspecified atom stereocenters. The van der Waals surface area contributed by atoms with Crippen LogP contribution in [0.3, 0.4) is 0 Å². The average Bonchev–Trinajstić information content (AvgIpc) is 3.09. The van der Waals surface area contributed by atoms with Crippen molar-refractivity contribution in [2.45, 2.75) is 31.7 Å². The molecule has 27 heavy (non-hydrogen) atoms. The molecular formula is C19H31N5O3. The SMILES string of the molecule is COCC1(CNC(=O)C2CCC(=O)N(C)C2c2cnn(C)c2)CCNCC1. The number of nitrogens with one attached hydrogen (secondary N) is 2. The summed E-state index contributed by atoms with van der Waals surface area (Å²) in [7, 11) is 5.33. The lowest BCUT2D eigenvalue weighted by Gasteiger charge is -2.40. The number of nitrogens with zero attached hydrogens (tertiary/aromatic N) is 3. The van der Waals surface area contributed by atoms with Gasteiger partial charge in [-0.25, -0.2) is 0 Å². The van der Waals surface area contributed by atoms with E-state index in [0.29, 0.717) is 26.0 Å². The van der Waals surface area contributed by atoms with Crippen molar-refractivity contribution in [2.24, 2.45) is 18.4 Å². The van der Waals surface area contributed by atoms with E-state index >= 15 is 0 Å². The van der Waals surface area contributed by atoms with Crippen LogP contribution in [0.2, 0.25) is 0 Å². The molecule has 0 bridgehead atoms. The van der Waals surface area contributed by atoms with Gasteiger partial charge in [0.2, 0.25) is 11.8 Å². The van der Waals surface area contributed by atoms with Gasteiger partial charge in [0.05, 0.1) is 24.8 Å². The summed E-state index contributed by atoms with van der Waals surface area (Å²) in [6.07, 6.45) is 6.57. The van der Waals surface area contributed by atoms with Crippen LogP contribution >= 0.6 is 0 Å². The molecule has 3 heterocycles. The highest BCUT2D eigenvalue weighted by molar-refractivity contribution is 5.84. The van der Waals surface area contributed by atoms with Crippen LogP contribution in [0.5, 0.6) is 0 Å². The molecule has 0 radical (unpaired) electrons. The van der Waals surface area contributed by atoms with E-state index in [4.69, 9.17) is 4.74 Å². The minimum absolute atomic E-state index is 0.0113. The van der Waals surface area contributed by atoms with E-state index in [0.717, 1.165) is 31.5 Å². The maximum Gasteiger partial charge on any atom is 0.225 e. The minimum atomic E-state index is -0.272. The lowest BCUT2D eigenvalue weighted by Crippen LogP contribution is -2.51. The fourth-order valence-electron chi connectivity index (χ4n) is 4.40. The number of carbonyl (C=O) groups is 2. The van der Waals surface area contributed by atoms with E-state index in [1.165, 1.54) is 0 Å². The summed E-state index contributed by atoms with van der Waals surface area (Å²) in [6.45, 7) is 3.13. The van der Waals surface area contributed by atoms with E-state index in [2.05, 4.69) is 15.7 Å². The second kappa shape index (κ2) is 8.39. The van der Waals surface area contributed by atoms with Crippen LogP contribution in [-0.4, -0.2) is 66.9 Å². The Kier molecular flexibility index (Phi) is 6.16. The molecule has 1 aromatic rings. The molecule has 2 saturated heterocycles. The lowest BCUT2D eigenvalue weighted by atomic mass is 9.79. The Morgan fingerprint density at radius 3 is 2.78 bits per heavy atom. The molecular weight excluding hydrogens is 346 g/mol. The Labute approximate surface area is 160 Å². The number of hydrogen-bond acceptors (Lipinski definition) is 5. The number of rotatable bonds is 6. The van der Waals surface area contributed by atoms with E-state index < -0.39 is 0 Å². The van der Waals surface area contributed by atoms with Crippen molar-refractivity contribution in [3.8, 4) is 0 Å². The van der Waals surface area contributed by atoms with Crippen molar-refractivity contribution in [2.75, 3.05) is 40.4 Å². The van der Waals surface area contributed by atoms with Gasteiger partial charge in [0, 0.05) is 51.3 Å². The molecule has 3 rings (SSSR count). The van der Waals surface area contributed by atoms with Crippen molar-refractivity contribution in [1.29, 1.82) is 0 Å². The molecule has 2 fully saturated rings. The fourth-order valence-corrected chi connectivity index (χ4v) is 4.40. The number of methoxy groups -OCH3 is 1. The molecule has 1 aromatic heterocycles. The first-order chi connectivity index (χ1) is 13.0. The van der Waals surface area contributed by atoms with Gasteiger partial charge in [-0.1, -0.05) is 0 Å². The van der Waals surface area contributed by atoms with Gasteiger partial charge in [0.25, 0.3) is 0 Å². The zero-order valence-electron chi connectivity index (χ0n) is 16.5. The number of aryl methyl sites for hydroxylation is 1. The minimum Gasteiger partial charge on any atom is -0.384 e. The largest absolute Gasteiger partial charge is 0.384 e. The van der Waals surface area contributed by atoms with Crippen molar-refractivity contribution in [1.82, 2.24) is 25.3 Å². The molecule has 2 amide bonds. The Hall–Kier alpha value is -1.93. The molecule has 0 aromatic carbocycles. The summed E-state index contributed by atoms with van der Waals surface area (Å²) in [5.41, 5.74) is 0.886. The number of likely N-dealkylation sites (tertiary alicyclic amines) is 1. The van der Waals surface area contributed by atoms with E-state index in [9.17, 15) is 9.59 Å². The van der Waals surface area contributed by atoms with Gasteiger partial charge in [-0.2, -0.15) is 5.10 Å². The number of hydrogen-bond donors (Lipinski definition) is 2. The zero-order chi connectivity index (χ0) is 19.4. The third-order valence-electron chi connectivity index (χ3n) is 6.02. The number of carbonyl (C=O) groups excluding carboxylic acids is 2. The van der Waals surface area contributed by atoms with Crippen molar-refractivity contribution in [3.63, 3.8) is 0 Å². The Bertz CT molecular complexity index is 663. The summed E-state index contributed by atoms with van der Waals surface area (Å²) >= 11 is 0. The number of amides is 2. The van der Waals surface area contributed by atoms with Crippen LogP contribution in [0.15, 0.2) is 12.4 Å². The van der Waals surface area contributed by atoms with Crippen LogP contribution < -0.4 is 10.6 Å². The van der Waals surface area contributed by atoms with Gasteiger partial charge in [-0.15, -0.1) is 0 Å². The van der Waals surface area contributed by atoms with Crippen molar-refractivity contribution >= 4 is 11.8 Å². The van der Waals surface area contributed by atoms with Crippen LogP contribution in [0, 0.1) is 11.3 Å². The standard InChI is InChI=1S/C19H31N5O3/c1-23-11-14(10-22-23)17-15(4-5-16(25)24(17)2)18(26)21-12-19(13-27-3)6-8-20-9-7-19/h10-11,15,17,20H,4-9,12-13H2,1-3H3,(H,21,26). The van der Waals surface area contributed by atoms with Gasteiger partial charge < -0.3 is 20.3 Å². The van der Waals surface area contributed by atoms with Crippen LogP contribution in [0.1, 0.15) is 37.3 Å². The first kappa shape index (κ1) is 19.8. The third kappa shape index (κ3) is 4.32. The summed E-state index contributed by atoms with van der Waals surface area (Å²) in [5.74, 6) is -0.183. The van der Waals surface area contributed by atoms with Crippen molar-refractivity contribution in [3.05, 3.63) is 18.0 Å². The highest BCUT2D eigenvalue weighted by Gasteiger charge is 2.40. The fraction of sp³-hybridized carbons (Fsp3) is 0.737. The van der Waals surface area contributed by atoms with Crippen molar-refractivity contribution < 1.29 is 14.3 Å². The van der Waals surface area contributed by atoms with Crippen LogP contribution in [0.25, 0.3) is 0 Å². The summed E-state index contributed by atoms with van der Waals surface area (Å²) < 4.78 is 7.15. The predicted molar refractivity (Wildman–Crippen MR) is 101 cm³/mol. The molecule has 0 saturated carbocycles. The molecule has 150 valence electrons. The predicted octanol–water partition coefficient (Wildman–Crippen LogP) is 0.462. The van der Waals surface area contributed by atoms with Gasteiger partial charge in [0.15, 0.2) is 0 Å². The normalized spacial score (nSPS) is 25.4. The van der Waals surface area contributed by atoms with Gasteiger partial charge >= 0.3 is 0 Å². The van der Waals surface area contributed by atoms with Crippen LogP contribution in [0.4, 0.5) is 0 Å². The Morgan fingerprint density at radius 1 is 1.41 bits per heavy atom. The molecule has 8 heteroatoms. The maximum atomic E-state index is 13.1. The molecule has 2 atom stereocenters. The van der Waals surface area contributed by atoms with Gasteiger partial charge in [0.1, 0.15) is 0 Å². The van der Waals surface area contributed by atoms with Crippen LogP contribution in [-0.2, 0) is 21.4 Å². The highest BCUT2D eigenvalue weighted by Crippen LogP contribution is 2.36. The molecule has 0 spiro atoms. The molecule has 2 aliphatic rings. The summed E-state index contributed by atoms with van der Waals surface area (Å²) in [4.78, 5) is 27.0. The number of aromatic nitrogens is 2. The average molecular weight is 377 g/mol. The summed E-state index contributed by atoms with van der Waals surface area (Å²) in [6, 6.07) is -0.272. The molecule has 2 aliphatic heterocycles. The second-order valence-electron chi connectivity index (χ2n) is 7.94. The topological polar surface area (TPSA) is 88.5 Å². The molecule has 2 N–H and O–H groups in total. The molecule has 8 nitrogen and oxygen atoms in total. The quantitative estimate of drug-likeness (QED) is 0.752. The van der Waals surface area contributed by atoms with Gasteiger partial charge in [-0.05, 0) is 32.4 Å². The third-order valence-corrected chi connectivity index (χ3v) is 6.02. The van der Waals surface area contributed by atoms with E-state index in [-0.39, 0.29) is 29.2 Å². The Balaban J connectivity index is 1.72. The smallest absolute Gasteiger partial charge is 0.225 e. The lowest BCUT2D eigenvalue weighted by molar-refractivity contribution is -0.142. The van der Waals surface area contributed by atoms with E-state index in [1.807, 2.05) is 13.2 Å². The second-order valence-corrected chi connectivity index (χ2v) is 7.94. The zero-order valence-corrected chi connectivity index (χ0v) is 16.5. The first-order valence-electron chi connectivity index (χ1n) is 9.67. The van der Waals surface area contributed by atoms with Gasteiger partial charge in [-0.3, -0.25) is 14.3 Å². The maximum absolute atomic E-state index is 13.1. The van der Waals surface area contributed by atoms with E-state index in [1.54, 1.807) is 29.9 Å². The summed E-state index contributed by atoms with van der Waals surface area (Å²) in [5, 5.41) is 10.8. The first-order valence-corrected chi connectivity index (χ1v) is 9.67. The number of piperidine rings is 2. The Morgan fingerprint density at radius 2 is 2.15 bits per heavy atom. The molecule has 0 aliphatic carbocycles. The monoisotopic (exact) mass is 377 g/mol.